The summed E-state index contributed by atoms with van der Waals surface area (Å²) in [6, 6.07) is 7.65. The van der Waals surface area contributed by atoms with Crippen LogP contribution < -0.4 is 10.1 Å². The predicted octanol–water partition coefficient (Wildman–Crippen LogP) is 2.86. The molecule has 2 atom stereocenters. The zero-order chi connectivity index (χ0) is 13.7. The summed E-state index contributed by atoms with van der Waals surface area (Å²) in [5, 5.41) is 13.9. The summed E-state index contributed by atoms with van der Waals surface area (Å²) in [5.74, 6) is 1.51. The van der Waals surface area contributed by atoms with Crippen LogP contribution >= 0.6 is 11.6 Å². The van der Waals surface area contributed by atoms with E-state index in [0.717, 1.165) is 11.7 Å². The second-order valence-electron chi connectivity index (χ2n) is 5.31. The van der Waals surface area contributed by atoms with Crippen LogP contribution in [-0.4, -0.2) is 30.4 Å². The van der Waals surface area contributed by atoms with Crippen LogP contribution in [0.15, 0.2) is 24.3 Å². The fourth-order valence-corrected chi connectivity index (χ4v) is 2.34. The highest BCUT2D eigenvalue weighted by Gasteiger charge is 2.23. The average Bonchev–Trinajstić information content (AvgIpc) is 2.33. The molecule has 1 aromatic rings. The third-order valence-corrected chi connectivity index (χ3v) is 4.04. The van der Waals surface area contributed by atoms with E-state index in [1.54, 1.807) is 24.3 Å². The van der Waals surface area contributed by atoms with Crippen LogP contribution in [0.5, 0.6) is 5.75 Å². The number of benzene rings is 1. The lowest BCUT2D eigenvalue weighted by atomic mass is 9.80. The van der Waals surface area contributed by atoms with E-state index in [-0.39, 0.29) is 0 Å². The van der Waals surface area contributed by atoms with Gasteiger partial charge in [0.25, 0.3) is 0 Å². The number of nitrogens with one attached hydrogen (secondary N) is 1. The van der Waals surface area contributed by atoms with Crippen molar-refractivity contribution in [1.82, 2.24) is 5.32 Å². The molecule has 0 spiro atoms. The molecule has 3 nitrogen and oxygen atoms in total. The van der Waals surface area contributed by atoms with E-state index in [1.165, 1.54) is 19.3 Å². The Morgan fingerprint density at radius 1 is 1.37 bits per heavy atom. The van der Waals surface area contributed by atoms with Gasteiger partial charge in [0.1, 0.15) is 18.5 Å². The Bertz CT molecular complexity index is 378. The lowest BCUT2D eigenvalue weighted by molar-refractivity contribution is 0.0982. The van der Waals surface area contributed by atoms with Gasteiger partial charge < -0.3 is 15.2 Å². The van der Waals surface area contributed by atoms with Gasteiger partial charge in [0.15, 0.2) is 0 Å². The number of rotatable bonds is 7. The number of hydrogen-bond acceptors (Lipinski definition) is 3. The van der Waals surface area contributed by atoms with E-state index in [4.69, 9.17) is 16.3 Å². The highest BCUT2D eigenvalue weighted by atomic mass is 35.5. The topological polar surface area (TPSA) is 41.5 Å². The Labute approximate surface area is 119 Å². The van der Waals surface area contributed by atoms with E-state index >= 15 is 0 Å². The van der Waals surface area contributed by atoms with Gasteiger partial charge in [-0.1, -0.05) is 18.0 Å². The molecule has 0 amide bonds. The van der Waals surface area contributed by atoms with Crippen LogP contribution in [0.2, 0.25) is 5.02 Å². The van der Waals surface area contributed by atoms with Crippen molar-refractivity contribution in [3.63, 3.8) is 0 Å². The summed E-state index contributed by atoms with van der Waals surface area (Å²) >= 11 is 5.79. The molecule has 1 aromatic carbocycles. The number of aliphatic hydroxyl groups excluding tert-OH is 1. The summed E-state index contributed by atoms with van der Waals surface area (Å²) in [7, 11) is 0. The number of aliphatic hydroxyl groups is 1. The van der Waals surface area contributed by atoms with Crippen molar-refractivity contribution in [3.05, 3.63) is 29.3 Å². The van der Waals surface area contributed by atoms with Crippen LogP contribution in [0.25, 0.3) is 0 Å². The molecule has 0 saturated heterocycles. The third-order valence-electron chi connectivity index (χ3n) is 3.79. The molecule has 106 valence electrons. The Morgan fingerprint density at radius 3 is 2.63 bits per heavy atom. The molecule has 2 unspecified atom stereocenters. The molecule has 0 aromatic heterocycles. The molecule has 1 saturated carbocycles. The quantitative estimate of drug-likeness (QED) is 0.808. The molecule has 1 aliphatic rings. The van der Waals surface area contributed by atoms with Gasteiger partial charge in [-0.15, -0.1) is 0 Å². The minimum absolute atomic E-state index is 0.298. The van der Waals surface area contributed by atoms with E-state index in [0.29, 0.717) is 24.2 Å². The van der Waals surface area contributed by atoms with Crippen molar-refractivity contribution in [3.8, 4) is 5.75 Å². The Hall–Kier alpha value is -0.770. The first-order valence-corrected chi connectivity index (χ1v) is 7.33. The molecule has 19 heavy (non-hydrogen) atoms. The molecule has 2 rings (SSSR count). The molecular formula is C15H22ClNO2. The van der Waals surface area contributed by atoms with E-state index in [1.807, 2.05) is 0 Å². The van der Waals surface area contributed by atoms with Gasteiger partial charge >= 0.3 is 0 Å². The van der Waals surface area contributed by atoms with Crippen LogP contribution in [-0.2, 0) is 0 Å². The summed E-state index contributed by atoms with van der Waals surface area (Å²) in [6.07, 6.45) is 3.48. The molecule has 4 heteroatoms. The van der Waals surface area contributed by atoms with E-state index < -0.39 is 6.10 Å². The maximum atomic E-state index is 9.87. The Kier molecular flexibility index (Phi) is 5.49. The molecule has 0 radical (unpaired) electrons. The van der Waals surface area contributed by atoms with Gasteiger partial charge in [-0.2, -0.15) is 0 Å². The summed E-state index contributed by atoms with van der Waals surface area (Å²) in [6.45, 7) is 3.06. The van der Waals surface area contributed by atoms with Crippen LogP contribution in [0.3, 0.4) is 0 Å². The van der Waals surface area contributed by atoms with Crippen molar-refractivity contribution in [2.45, 2.75) is 38.3 Å². The Morgan fingerprint density at radius 2 is 2.05 bits per heavy atom. The van der Waals surface area contributed by atoms with Crippen LogP contribution in [0, 0.1) is 5.92 Å². The SMILES string of the molecule is CC(NCC(O)COc1ccc(Cl)cc1)C1CCC1. The molecular weight excluding hydrogens is 262 g/mol. The monoisotopic (exact) mass is 283 g/mol. The van der Waals surface area contributed by atoms with Crippen molar-refractivity contribution in [1.29, 1.82) is 0 Å². The van der Waals surface area contributed by atoms with Gasteiger partial charge in [-0.25, -0.2) is 0 Å². The van der Waals surface area contributed by atoms with Crippen LogP contribution in [0.4, 0.5) is 0 Å². The van der Waals surface area contributed by atoms with Gasteiger partial charge in [0, 0.05) is 17.6 Å². The highest BCUT2D eigenvalue weighted by molar-refractivity contribution is 6.30. The smallest absolute Gasteiger partial charge is 0.119 e. The average molecular weight is 284 g/mol. The predicted molar refractivity (Wildman–Crippen MR) is 77.8 cm³/mol. The minimum atomic E-state index is -0.488. The maximum Gasteiger partial charge on any atom is 0.119 e. The first kappa shape index (κ1) is 14.6. The molecule has 0 aliphatic heterocycles. The van der Waals surface area contributed by atoms with Gasteiger partial charge in [0.2, 0.25) is 0 Å². The first-order chi connectivity index (χ1) is 9.15. The highest BCUT2D eigenvalue weighted by Crippen LogP contribution is 2.29. The number of halogens is 1. The van der Waals surface area contributed by atoms with E-state index in [9.17, 15) is 5.11 Å². The summed E-state index contributed by atoms with van der Waals surface area (Å²) < 4.78 is 5.51. The molecule has 1 fully saturated rings. The van der Waals surface area contributed by atoms with E-state index in [2.05, 4.69) is 12.2 Å². The normalized spacial score (nSPS) is 18.7. The molecule has 0 bridgehead atoms. The standard InChI is InChI=1S/C15H22ClNO2/c1-11(12-3-2-4-12)17-9-14(18)10-19-15-7-5-13(16)6-8-15/h5-8,11-12,14,17-18H,2-4,9-10H2,1H3. The molecule has 1 aliphatic carbocycles. The molecule has 2 N–H and O–H groups in total. The fourth-order valence-electron chi connectivity index (χ4n) is 2.21. The van der Waals surface area contributed by atoms with Gasteiger partial charge in [-0.3, -0.25) is 0 Å². The van der Waals surface area contributed by atoms with Crippen molar-refractivity contribution >= 4 is 11.6 Å². The van der Waals surface area contributed by atoms with Crippen molar-refractivity contribution in [2.24, 2.45) is 5.92 Å². The Balaban J connectivity index is 1.63. The number of ether oxygens (including phenoxy) is 1. The van der Waals surface area contributed by atoms with Gasteiger partial charge in [0.05, 0.1) is 0 Å². The van der Waals surface area contributed by atoms with Crippen LogP contribution in [0.1, 0.15) is 26.2 Å². The lowest BCUT2D eigenvalue weighted by Crippen LogP contribution is -2.42. The lowest BCUT2D eigenvalue weighted by Gasteiger charge is -2.32. The summed E-state index contributed by atoms with van der Waals surface area (Å²) in [4.78, 5) is 0. The number of hydrogen-bond donors (Lipinski definition) is 2. The zero-order valence-corrected chi connectivity index (χ0v) is 12.1. The summed E-state index contributed by atoms with van der Waals surface area (Å²) in [5.41, 5.74) is 0. The zero-order valence-electron chi connectivity index (χ0n) is 11.3. The first-order valence-electron chi connectivity index (χ1n) is 6.95. The second-order valence-corrected chi connectivity index (χ2v) is 5.74. The third kappa shape index (κ3) is 4.68. The minimum Gasteiger partial charge on any atom is -0.491 e. The largest absolute Gasteiger partial charge is 0.491 e. The second kappa shape index (κ2) is 7.13. The van der Waals surface area contributed by atoms with Crippen molar-refractivity contribution < 1.29 is 9.84 Å². The molecule has 0 heterocycles. The van der Waals surface area contributed by atoms with Crippen molar-refractivity contribution in [2.75, 3.05) is 13.2 Å². The fraction of sp³-hybridized carbons (Fsp3) is 0.600. The van der Waals surface area contributed by atoms with Gasteiger partial charge in [-0.05, 0) is 49.9 Å². The maximum absolute atomic E-state index is 9.87.